The van der Waals surface area contributed by atoms with Gasteiger partial charge in [-0.15, -0.1) is 16.4 Å². The summed E-state index contributed by atoms with van der Waals surface area (Å²) in [6.07, 6.45) is 3.82. The van der Waals surface area contributed by atoms with E-state index in [1.54, 1.807) is 11.3 Å². The maximum absolute atomic E-state index is 5.47. The van der Waals surface area contributed by atoms with Gasteiger partial charge in [-0.3, -0.25) is 0 Å². The topological polar surface area (TPSA) is 69.6 Å². The molecule has 0 atom stereocenters. The molecule has 0 amide bonds. The summed E-state index contributed by atoms with van der Waals surface area (Å²) in [6, 6.07) is 0. The fourth-order valence-corrected chi connectivity index (χ4v) is 2.47. The molecule has 5 nitrogen and oxygen atoms in total. The first-order chi connectivity index (χ1) is 8.69. The number of nitrogens with two attached hydrogens (primary N) is 1. The zero-order valence-corrected chi connectivity index (χ0v) is 11.7. The molecule has 0 saturated carbocycles. The van der Waals surface area contributed by atoms with Gasteiger partial charge in [-0.1, -0.05) is 19.1 Å². The molecule has 18 heavy (non-hydrogen) atoms. The summed E-state index contributed by atoms with van der Waals surface area (Å²) in [4.78, 5) is 4.59. The molecule has 2 aromatic heterocycles. The van der Waals surface area contributed by atoms with E-state index in [4.69, 9.17) is 5.73 Å². The van der Waals surface area contributed by atoms with E-state index in [9.17, 15) is 0 Å². The number of hydrogen-bond acceptors (Lipinski definition) is 5. The van der Waals surface area contributed by atoms with Crippen molar-refractivity contribution in [2.75, 3.05) is 6.54 Å². The van der Waals surface area contributed by atoms with Gasteiger partial charge in [0.05, 0.1) is 22.9 Å². The fraction of sp³-hybridized carbons (Fsp3) is 0.583. The van der Waals surface area contributed by atoms with Gasteiger partial charge < -0.3 is 5.73 Å². The van der Waals surface area contributed by atoms with Gasteiger partial charge in [0, 0.05) is 17.5 Å². The molecule has 0 saturated heterocycles. The minimum atomic E-state index is 0.486. The van der Waals surface area contributed by atoms with E-state index in [2.05, 4.69) is 34.5 Å². The Labute approximate surface area is 111 Å². The van der Waals surface area contributed by atoms with Crippen LogP contribution in [-0.2, 0) is 13.0 Å². The average Bonchev–Trinajstić information content (AvgIpc) is 2.96. The van der Waals surface area contributed by atoms with Crippen molar-refractivity contribution < 1.29 is 0 Å². The highest BCUT2D eigenvalue weighted by molar-refractivity contribution is 7.09. The van der Waals surface area contributed by atoms with Gasteiger partial charge in [-0.25, -0.2) is 9.67 Å². The van der Waals surface area contributed by atoms with Crippen molar-refractivity contribution in [1.82, 2.24) is 20.0 Å². The Kier molecular flexibility index (Phi) is 4.43. The average molecular weight is 265 g/mol. The van der Waals surface area contributed by atoms with Gasteiger partial charge in [-0.05, 0) is 19.4 Å². The number of rotatable bonds is 6. The molecule has 98 valence electrons. The minimum Gasteiger partial charge on any atom is -0.330 e. The Balaban J connectivity index is 1.97. The third kappa shape index (κ3) is 3.36. The Morgan fingerprint density at radius 2 is 2.22 bits per heavy atom. The van der Waals surface area contributed by atoms with Crippen LogP contribution >= 0.6 is 11.3 Å². The van der Waals surface area contributed by atoms with E-state index in [-0.39, 0.29) is 0 Å². The third-order valence-electron chi connectivity index (χ3n) is 2.61. The Morgan fingerprint density at radius 1 is 1.39 bits per heavy atom. The quantitative estimate of drug-likeness (QED) is 0.864. The standard InChI is InChI=1S/C12H19N5S/c1-9(2)12-14-11(8-18-12)7-17-6-10(15-16-17)4-3-5-13/h6,8-9H,3-5,7,13H2,1-2H3. The van der Waals surface area contributed by atoms with Crippen LogP contribution in [0.15, 0.2) is 11.6 Å². The second kappa shape index (κ2) is 6.06. The van der Waals surface area contributed by atoms with E-state index >= 15 is 0 Å². The number of aromatic nitrogens is 4. The number of nitrogens with zero attached hydrogens (tertiary/aromatic N) is 4. The number of aryl methyl sites for hydroxylation is 1. The molecule has 2 rings (SSSR count). The zero-order chi connectivity index (χ0) is 13.0. The van der Waals surface area contributed by atoms with Gasteiger partial charge in [0.1, 0.15) is 0 Å². The lowest BCUT2D eigenvalue weighted by atomic mass is 10.2. The van der Waals surface area contributed by atoms with E-state index < -0.39 is 0 Å². The second-order valence-electron chi connectivity index (χ2n) is 4.63. The number of thiazole rings is 1. The predicted molar refractivity (Wildman–Crippen MR) is 72.7 cm³/mol. The van der Waals surface area contributed by atoms with Crippen molar-refractivity contribution in [3.63, 3.8) is 0 Å². The van der Waals surface area contributed by atoms with Crippen molar-refractivity contribution >= 4 is 11.3 Å². The first-order valence-electron chi connectivity index (χ1n) is 6.22. The van der Waals surface area contributed by atoms with Crippen molar-refractivity contribution in [3.8, 4) is 0 Å². The smallest absolute Gasteiger partial charge is 0.0954 e. The van der Waals surface area contributed by atoms with Crippen LogP contribution < -0.4 is 5.73 Å². The van der Waals surface area contributed by atoms with Crippen LogP contribution in [0.3, 0.4) is 0 Å². The van der Waals surface area contributed by atoms with Gasteiger partial charge >= 0.3 is 0 Å². The van der Waals surface area contributed by atoms with Crippen molar-refractivity contribution in [2.45, 2.75) is 39.2 Å². The molecule has 2 N–H and O–H groups in total. The SMILES string of the molecule is CC(C)c1nc(Cn2cc(CCCN)nn2)cs1. The molecule has 0 fully saturated rings. The summed E-state index contributed by atoms with van der Waals surface area (Å²) in [7, 11) is 0. The summed E-state index contributed by atoms with van der Waals surface area (Å²) < 4.78 is 1.84. The summed E-state index contributed by atoms with van der Waals surface area (Å²) in [6.45, 7) is 5.70. The summed E-state index contributed by atoms with van der Waals surface area (Å²) in [5.41, 5.74) is 7.53. The molecule has 0 radical (unpaired) electrons. The molecule has 0 spiro atoms. The summed E-state index contributed by atoms with van der Waals surface area (Å²) >= 11 is 1.71. The highest BCUT2D eigenvalue weighted by atomic mass is 32.1. The summed E-state index contributed by atoms with van der Waals surface area (Å²) in [5, 5.41) is 11.5. The van der Waals surface area contributed by atoms with Gasteiger partial charge in [0.2, 0.25) is 0 Å². The molecule has 6 heteroatoms. The second-order valence-corrected chi connectivity index (χ2v) is 5.52. The normalized spacial score (nSPS) is 11.3. The van der Waals surface area contributed by atoms with Crippen molar-refractivity contribution in [3.05, 3.63) is 28.0 Å². The fourth-order valence-electron chi connectivity index (χ4n) is 1.64. The largest absolute Gasteiger partial charge is 0.330 e. The molecule has 2 aromatic rings. The number of hydrogen-bond donors (Lipinski definition) is 1. The van der Waals surface area contributed by atoms with Crippen LogP contribution in [0.25, 0.3) is 0 Å². The molecule has 2 heterocycles. The van der Waals surface area contributed by atoms with Crippen LogP contribution in [-0.4, -0.2) is 26.5 Å². The van der Waals surface area contributed by atoms with Gasteiger partial charge in [-0.2, -0.15) is 0 Å². The third-order valence-corrected chi connectivity index (χ3v) is 3.80. The van der Waals surface area contributed by atoms with Crippen LogP contribution in [0.4, 0.5) is 0 Å². The maximum Gasteiger partial charge on any atom is 0.0954 e. The van der Waals surface area contributed by atoms with E-state index in [0.717, 1.165) is 24.2 Å². The van der Waals surface area contributed by atoms with Gasteiger partial charge in [0.25, 0.3) is 0 Å². The molecule has 0 aliphatic rings. The zero-order valence-electron chi connectivity index (χ0n) is 10.8. The lowest BCUT2D eigenvalue weighted by molar-refractivity contribution is 0.637. The summed E-state index contributed by atoms with van der Waals surface area (Å²) in [5.74, 6) is 0.486. The van der Waals surface area contributed by atoms with Crippen molar-refractivity contribution in [1.29, 1.82) is 0 Å². The lowest BCUT2D eigenvalue weighted by Gasteiger charge is -1.97. The molecule has 0 aliphatic carbocycles. The monoisotopic (exact) mass is 265 g/mol. The van der Waals surface area contributed by atoms with E-state index in [1.807, 2.05) is 10.9 Å². The van der Waals surface area contributed by atoms with E-state index in [1.165, 1.54) is 5.01 Å². The van der Waals surface area contributed by atoms with Crippen LogP contribution in [0.5, 0.6) is 0 Å². The maximum atomic E-state index is 5.47. The highest BCUT2D eigenvalue weighted by Crippen LogP contribution is 2.19. The Hall–Kier alpha value is -1.27. The van der Waals surface area contributed by atoms with Crippen LogP contribution in [0, 0.1) is 0 Å². The molecule has 0 aromatic carbocycles. The first kappa shape index (κ1) is 13.2. The molecule has 0 aliphatic heterocycles. The molecular formula is C12H19N5S. The van der Waals surface area contributed by atoms with Crippen LogP contribution in [0.2, 0.25) is 0 Å². The predicted octanol–water partition coefficient (Wildman–Crippen LogP) is 1.80. The van der Waals surface area contributed by atoms with Crippen molar-refractivity contribution in [2.24, 2.45) is 5.73 Å². The Bertz CT molecular complexity index is 488. The molecular weight excluding hydrogens is 246 g/mol. The lowest BCUT2D eigenvalue weighted by Crippen LogP contribution is -2.01. The van der Waals surface area contributed by atoms with E-state index in [0.29, 0.717) is 19.0 Å². The minimum absolute atomic E-state index is 0.486. The molecule has 0 unspecified atom stereocenters. The first-order valence-corrected chi connectivity index (χ1v) is 7.10. The Morgan fingerprint density at radius 3 is 2.89 bits per heavy atom. The van der Waals surface area contributed by atoms with Crippen LogP contribution in [0.1, 0.15) is 42.6 Å². The van der Waals surface area contributed by atoms with Gasteiger partial charge in [0.15, 0.2) is 0 Å². The molecule has 0 bridgehead atoms. The highest BCUT2D eigenvalue weighted by Gasteiger charge is 2.07.